The van der Waals surface area contributed by atoms with Gasteiger partial charge in [-0.05, 0) is 30.7 Å². The van der Waals surface area contributed by atoms with E-state index in [-0.39, 0.29) is 5.03 Å². The van der Waals surface area contributed by atoms with Crippen molar-refractivity contribution in [3.05, 3.63) is 60.2 Å². The van der Waals surface area contributed by atoms with Crippen LogP contribution in [0.1, 0.15) is 5.56 Å². The lowest BCUT2D eigenvalue weighted by atomic mass is 10.2. The summed E-state index contributed by atoms with van der Waals surface area (Å²) in [6.07, 6.45) is 0. The van der Waals surface area contributed by atoms with Crippen LogP contribution in [-0.2, 0) is 9.84 Å². The van der Waals surface area contributed by atoms with Crippen LogP contribution in [0, 0.1) is 6.92 Å². The number of aryl methyl sites for hydroxylation is 1. The van der Waals surface area contributed by atoms with Gasteiger partial charge >= 0.3 is 0 Å². The molecule has 96 valence electrons. The van der Waals surface area contributed by atoms with E-state index in [4.69, 9.17) is 0 Å². The summed E-state index contributed by atoms with van der Waals surface area (Å²) in [4.78, 5) is 3.32. The Kier molecular flexibility index (Phi) is 2.68. The highest BCUT2D eigenvalue weighted by Gasteiger charge is 2.21. The fraction of sp³-hybridized carbons (Fsp3) is 0.0667. The number of fused-ring (bicyclic) bond motifs is 1. The van der Waals surface area contributed by atoms with Gasteiger partial charge in [0.15, 0.2) is 0 Å². The molecule has 1 heterocycles. The Balaban J connectivity index is 2.23. The minimum Gasteiger partial charge on any atom is -0.345 e. The molecule has 2 aromatic carbocycles. The van der Waals surface area contributed by atoms with Gasteiger partial charge < -0.3 is 4.98 Å². The van der Waals surface area contributed by atoms with E-state index in [2.05, 4.69) is 4.98 Å². The third kappa shape index (κ3) is 1.94. The van der Waals surface area contributed by atoms with Gasteiger partial charge in [-0.15, -0.1) is 0 Å². The smallest absolute Gasteiger partial charge is 0.222 e. The van der Waals surface area contributed by atoms with Gasteiger partial charge in [-0.1, -0.05) is 36.4 Å². The fourth-order valence-electron chi connectivity index (χ4n) is 2.17. The Bertz CT molecular complexity index is 814. The SMILES string of the molecule is Cc1ccccc1S(=O)(=O)c1cc2ccccc2[nH]1. The molecule has 0 saturated heterocycles. The molecule has 19 heavy (non-hydrogen) atoms. The van der Waals surface area contributed by atoms with Gasteiger partial charge in [0, 0.05) is 10.9 Å². The maximum atomic E-state index is 12.6. The van der Waals surface area contributed by atoms with Crippen molar-refractivity contribution in [3.8, 4) is 0 Å². The highest BCUT2D eigenvalue weighted by atomic mass is 32.2. The van der Waals surface area contributed by atoms with Crippen LogP contribution in [0.25, 0.3) is 10.9 Å². The number of benzene rings is 2. The summed E-state index contributed by atoms with van der Waals surface area (Å²) in [6.45, 7) is 1.80. The van der Waals surface area contributed by atoms with E-state index in [0.29, 0.717) is 4.90 Å². The Labute approximate surface area is 111 Å². The summed E-state index contributed by atoms with van der Waals surface area (Å²) in [6, 6.07) is 16.2. The van der Waals surface area contributed by atoms with E-state index < -0.39 is 9.84 Å². The van der Waals surface area contributed by atoms with Crippen molar-refractivity contribution in [1.82, 2.24) is 4.98 Å². The summed E-state index contributed by atoms with van der Waals surface area (Å²) in [5, 5.41) is 1.14. The standard InChI is InChI=1S/C15H13NO2S/c1-11-6-2-5-9-14(11)19(17,18)15-10-12-7-3-4-8-13(12)16-15/h2-10,16H,1H3. The van der Waals surface area contributed by atoms with E-state index in [1.165, 1.54) is 0 Å². The molecule has 0 unspecified atom stereocenters. The molecule has 1 N–H and O–H groups in total. The monoisotopic (exact) mass is 271 g/mol. The summed E-state index contributed by atoms with van der Waals surface area (Å²) in [5.74, 6) is 0. The Hall–Kier alpha value is -2.07. The van der Waals surface area contributed by atoms with Crippen molar-refractivity contribution in [3.63, 3.8) is 0 Å². The van der Waals surface area contributed by atoms with E-state index >= 15 is 0 Å². The third-order valence-corrected chi connectivity index (χ3v) is 5.01. The molecule has 3 aromatic rings. The number of aromatic nitrogens is 1. The van der Waals surface area contributed by atoms with Gasteiger partial charge in [-0.3, -0.25) is 0 Å². The molecule has 0 radical (unpaired) electrons. The maximum absolute atomic E-state index is 12.6. The van der Waals surface area contributed by atoms with Crippen LogP contribution in [-0.4, -0.2) is 13.4 Å². The van der Waals surface area contributed by atoms with Gasteiger partial charge in [0.2, 0.25) is 9.84 Å². The van der Waals surface area contributed by atoms with Crippen LogP contribution in [0.4, 0.5) is 0 Å². The molecule has 0 saturated carbocycles. The first kappa shape index (κ1) is 12.0. The van der Waals surface area contributed by atoms with Gasteiger partial charge in [0.25, 0.3) is 0 Å². The second-order valence-electron chi connectivity index (χ2n) is 4.49. The molecule has 3 nitrogen and oxygen atoms in total. The predicted molar refractivity (Wildman–Crippen MR) is 74.9 cm³/mol. The molecule has 0 spiro atoms. The van der Waals surface area contributed by atoms with Crippen LogP contribution in [0.15, 0.2) is 64.5 Å². The molecular weight excluding hydrogens is 258 g/mol. The van der Waals surface area contributed by atoms with Gasteiger partial charge in [-0.25, -0.2) is 8.42 Å². The quantitative estimate of drug-likeness (QED) is 0.777. The second kappa shape index (κ2) is 4.24. The molecular formula is C15H13NO2S. The average molecular weight is 271 g/mol. The first-order chi connectivity index (χ1) is 9.09. The highest BCUT2D eigenvalue weighted by Crippen LogP contribution is 2.26. The number of nitrogens with one attached hydrogen (secondary N) is 1. The van der Waals surface area contributed by atoms with Gasteiger partial charge in [0.05, 0.1) is 4.90 Å². The zero-order chi connectivity index (χ0) is 13.5. The number of aromatic amines is 1. The van der Waals surface area contributed by atoms with Crippen molar-refractivity contribution in [2.75, 3.05) is 0 Å². The topological polar surface area (TPSA) is 49.9 Å². The Morgan fingerprint density at radius 3 is 2.37 bits per heavy atom. The summed E-state index contributed by atoms with van der Waals surface area (Å²) < 4.78 is 25.2. The molecule has 0 aliphatic rings. The van der Waals surface area contributed by atoms with Crippen molar-refractivity contribution in [1.29, 1.82) is 0 Å². The van der Waals surface area contributed by atoms with Crippen molar-refractivity contribution in [2.24, 2.45) is 0 Å². The minimum atomic E-state index is -3.49. The lowest BCUT2D eigenvalue weighted by Gasteiger charge is -2.05. The lowest BCUT2D eigenvalue weighted by molar-refractivity contribution is 0.593. The molecule has 0 amide bonds. The fourth-order valence-corrected chi connectivity index (χ4v) is 3.68. The molecule has 4 heteroatoms. The third-order valence-electron chi connectivity index (χ3n) is 3.18. The van der Waals surface area contributed by atoms with E-state index in [1.807, 2.05) is 30.3 Å². The summed E-state index contributed by atoms with van der Waals surface area (Å²) in [7, 11) is -3.49. The average Bonchev–Trinajstić information content (AvgIpc) is 2.83. The molecule has 0 bridgehead atoms. The van der Waals surface area contributed by atoms with Gasteiger partial charge in [0.1, 0.15) is 5.03 Å². The number of para-hydroxylation sites is 1. The number of sulfone groups is 1. The maximum Gasteiger partial charge on any atom is 0.222 e. The Morgan fingerprint density at radius 1 is 0.947 bits per heavy atom. The van der Waals surface area contributed by atoms with Crippen molar-refractivity contribution >= 4 is 20.7 Å². The Morgan fingerprint density at radius 2 is 1.63 bits per heavy atom. The zero-order valence-corrected chi connectivity index (χ0v) is 11.2. The van der Waals surface area contributed by atoms with Crippen LogP contribution < -0.4 is 0 Å². The molecule has 0 aliphatic carbocycles. The first-order valence-electron chi connectivity index (χ1n) is 5.97. The van der Waals surface area contributed by atoms with E-state index in [9.17, 15) is 8.42 Å². The largest absolute Gasteiger partial charge is 0.345 e. The number of hydrogen-bond acceptors (Lipinski definition) is 2. The number of hydrogen-bond donors (Lipinski definition) is 1. The summed E-state index contributed by atoms with van der Waals surface area (Å²) >= 11 is 0. The van der Waals surface area contributed by atoms with Crippen LogP contribution in [0.2, 0.25) is 0 Å². The second-order valence-corrected chi connectivity index (χ2v) is 6.38. The summed E-state index contributed by atoms with van der Waals surface area (Å²) in [5.41, 5.74) is 1.58. The molecule has 1 aromatic heterocycles. The van der Waals surface area contributed by atoms with Crippen LogP contribution in [0.3, 0.4) is 0 Å². The van der Waals surface area contributed by atoms with Crippen LogP contribution >= 0.6 is 0 Å². The minimum absolute atomic E-state index is 0.239. The number of rotatable bonds is 2. The number of H-pyrrole nitrogens is 1. The molecule has 0 atom stereocenters. The molecule has 0 aliphatic heterocycles. The first-order valence-corrected chi connectivity index (χ1v) is 7.46. The van der Waals surface area contributed by atoms with Crippen molar-refractivity contribution in [2.45, 2.75) is 16.8 Å². The van der Waals surface area contributed by atoms with Crippen LogP contribution in [0.5, 0.6) is 0 Å². The normalized spacial score (nSPS) is 11.8. The molecule has 0 fully saturated rings. The predicted octanol–water partition coefficient (Wildman–Crippen LogP) is 3.31. The molecule has 3 rings (SSSR count). The van der Waals surface area contributed by atoms with Gasteiger partial charge in [-0.2, -0.15) is 0 Å². The highest BCUT2D eigenvalue weighted by molar-refractivity contribution is 7.91. The lowest BCUT2D eigenvalue weighted by Crippen LogP contribution is -2.04. The zero-order valence-electron chi connectivity index (χ0n) is 10.4. The van der Waals surface area contributed by atoms with E-state index in [1.54, 1.807) is 31.2 Å². The van der Waals surface area contributed by atoms with E-state index in [0.717, 1.165) is 16.5 Å². The van der Waals surface area contributed by atoms with Crippen molar-refractivity contribution < 1.29 is 8.42 Å².